The van der Waals surface area contributed by atoms with Crippen LogP contribution in [0.1, 0.15) is 38.3 Å². The molecule has 2 rings (SSSR count). The highest BCUT2D eigenvalue weighted by molar-refractivity contribution is 5.78. The summed E-state index contributed by atoms with van der Waals surface area (Å²) in [5.41, 5.74) is 6.97. The maximum Gasteiger partial charge on any atom is 0.223 e. The first-order valence-corrected chi connectivity index (χ1v) is 6.79. The summed E-state index contributed by atoms with van der Waals surface area (Å²) in [5.74, 6) is 0.196. The Morgan fingerprint density at radius 3 is 2.84 bits per heavy atom. The molecule has 2 N–H and O–H groups in total. The third-order valence-electron chi connectivity index (χ3n) is 3.51. The molecule has 1 fully saturated rings. The Morgan fingerprint density at radius 2 is 2.21 bits per heavy atom. The number of hydrogen-bond acceptors (Lipinski definition) is 2. The number of piperidine rings is 1. The van der Waals surface area contributed by atoms with Crippen LogP contribution in [-0.4, -0.2) is 23.4 Å². The van der Waals surface area contributed by atoms with Crippen molar-refractivity contribution < 1.29 is 9.18 Å². The minimum Gasteiger partial charge on any atom is -0.334 e. The van der Waals surface area contributed by atoms with Gasteiger partial charge in [-0.3, -0.25) is 4.79 Å². The fraction of sp³-hybridized carbons (Fsp3) is 0.533. The fourth-order valence-corrected chi connectivity index (χ4v) is 2.70. The molecule has 19 heavy (non-hydrogen) atoms. The van der Waals surface area contributed by atoms with Crippen molar-refractivity contribution in [1.29, 1.82) is 0 Å². The Hall–Kier alpha value is -1.42. The Morgan fingerprint density at radius 1 is 1.47 bits per heavy atom. The van der Waals surface area contributed by atoms with E-state index >= 15 is 0 Å². The highest BCUT2D eigenvalue weighted by Crippen LogP contribution is 2.31. The van der Waals surface area contributed by atoms with Crippen molar-refractivity contribution >= 4 is 5.91 Å². The van der Waals surface area contributed by atoms with Crippen LogP contribution in [0.15, 0.2) is 24.3 Å². The Balaban J connectivity index is 2.33. The number of benzene rings is 1. The molecule has 1 amide bonds. The van der Waals surface area contributed by atoms with Gasteiger partial charge in [0.15, 0.2) is 0 Å². The van der Waals surface area contributed by atoms with Crippen molar-refractivity contribution in [3.8, 4) is 0 Å². The fourth-order valence-electron chi connectivity index (χ4n) is 2.70. The number of carbonyl (C=O) groups excluding carboxylic acids is 1. The lowest BCUT2D eigenvalue weighted by atomic mass is 9.90. The Kier molecular flexibility index (Phi) is 4.20. The van der Waals surface area contributed by atoms with Gasteiger partial charge in [0.2, 0.25) is 5.91 Å². The van der Waals surface area contributed by atoms with E-state index in [1.165, 1.54) is 12.1 Å². The van der Waals surface area contributed by atoms with Crippen molar-refractivity contribution in [3.63, 3.8) is 0 Å². The maximum atomic E-state index is 13.4. The molecule has 1 aromatic rings. The van der Waals surface area contributed by atoms with Gasteiger partial charge in [0, 0.05) is 19.0 Å². The molecule has 1 aliphatic rings. The van der Waals surface area contributed by atoms with Crippen LogP contribution < -0.4 is 5.73 Å². The first kappa shape index (κ1) is 14.0. The number of halogens is 1. The Labute approximate surface area is 113 Å². The van der Waals surface area contributed by atoms with Gasteiger partial charge < -0.3 is 10.6 Å². The summed E-state index contributed by atoms with van der Waals surface area (Å²) < 4.78 is 13.4. The van der Waals surface area contributed by atoms with Crippen LogP contribution in [0.2, 0.25) is 0 Å². The van der Waals surface area contributed by atoms with Crippen molar-refractivity contribution in [1.82, 2.24) is 4.90 Å². The van der Waals surface area contributed by atoms with Crippen LogP contribution in [0.4, 0.5) is 4.39 Å². The van der Waals surface area contributed by atoms with Crippen molar-refractivity contribution in [2.75, 3.05) is 6.54 Å². The molecule has 0 saturated carbocycles. The first-order chi connectivity index (χ1) is 8.99. The van der Waals surface area contributed by atoms with Crippen molar-refractivity contribution in [3.05, 3.63) is 35.6 Å². The molecule has 0 bridgehead atoms. The molecule has 1 heterocycles. The van der Waals surface area contributed by atoms with Crippen LogP contribution in [0, 0.1) is 11.7 Å². The average Bonchev–Trinajstić information content (AvgIpc) is 2.33. The first-order valence-electron chi connectivity index (χ1n) is 6.79. The molecule has 2 unspecified atom stereocenters. The zero-order valence-electron chi connectivity index (χ0n) is 11.5. The summed E-state index contributed by atoms with van der Waals surface area (Å²) in [7, 11) is 0. The van der Waals surface area contributed by atoms with E-state index in [1.807, 2.05) is 11.0 Å². The molecule has 1 aliphatic heterocycles. The maximum absolute atomic E-state index is 13.4. The van der Waals surface area contributed by atoms with E-state index in [1.54, 1.807) is 6.07 Å². The third-order valence-corrected chi connectivity index (χ3v) is 3.51. The zero-order chi connectivity index (χ0) is 14.0. The predicted octanol–water partition coefficient (Wildman–Crippen LogP) is 2.47. The topological polar surface area (TPSA) is 46.3 Å². The smallest absolute Gasteiger partial charge is 0.223 e. The van der Waals surface area contributed by atoms with Gasteiger partial charge >= 0.3 is 0 Å². The molecule has 1 saturated heterocycles. The SMILES string of the molecule is CC(C)CN1C(=O)CCC(N)C1c1cccc(F)c1. The van der Waals surface area contributed by atoms with Crippen molar-refractivity contribution in [2.24, 2.45) is 11.7 Å². The minimum absolute atomic E-state index is 0.115. The van der Waals surface area contributed by atoms with E-state index in [-0.39, 0.29) is 23.8 Å². The number of amides is 1. The summed E-state index contributed by atoms with van der Waals surface area (Å²) in [6, 6.07) is 6.07. The highest BCUT2D eigenvalue weighted by Gasteiger charge is 2.35. The van der Waals surface area contributed by atoms with Crippen molar-refractivity contribution in [2.45, 2.75) is 38.8 Å². The lowest BCUT2D eigenvalue weighted by Crippen LogP contribution is -2.50. The molecule has 2 atom stereocenters. The van der Waals surface area contributed by atoms with Crippen LogP contribution in [0.3, 0.4) is 0 Å². The number of likely N-dealkylation sites (tertiary alicyclic amines) is 1. The van der Waals surface area contributed by atoms with Gasteiger partial charge in [-0.1, -0.05) is 26.0 Å². The van der Waals surface area contributed by atoms with Gasteiger partial charge in [-0.15, -0.1) is 0 Å². The summed E-state index contributed by atoms with van der Waals surface area (Å²) in [6.45, 7) is 4.79. The van der Waals surface area contributed by atoms with E-state index < -0.39 is 0 Å². The largest absolute Gasteiger partial charge is 0.334 e. The predicted molar refractivity (Wildman–Crippen MR) is 72.9 cm³/mol. The lowest BCUT2D eigenvalue weighted by Gasteiger charge is -2.41. The summed E-state index contributed by atoms with van der Waals surface area (Å²) in [4.78, 5) is 13.9. The average molecular weight is 264 g/mol. The number of nitrogens with zero attached hydrogens (tertiary/aromatic N) is 1. The van der Waals surface area contributed by atoms with E-state index in [2.05, 4.69) is 13.8 Å². The van der Waals surface area contributed by atoms with Gasteiger partial charge in [0.25, 0.3) is 0 Å². The minimum atomic E-state index is -0.285. The summed E-state index contributed by atoms with van der Waals surface area (Å²) in [6.07, 6.45) is 1.15. The number of carbonyl (C=O) groups is 1. The Bertz CT molecular complexity index is 461. The quantitative estimate of drug-likeness (QED) is 0.911. The van der Waals surface area contributed by atoms with Crippen LogP contribution in [0.5, 0.6) is 0 Å². The van der Waals surface area contributed by atoms with Crippen LogP contribution in [0.25, 0.3) is 0 Å². The molecule has 104 valence electrons. The van der Waals surface area contributed by atoms with Gasteiger partial charge in [-0.05, 0) is 30.0 Å². The zero-order valence-corrected chi connectivity index (χ0v) is 11.5. The molecule has 3 nitrogen and oxygen atoms in total. The normalized spacial score (nSPS) is 24.1. The second-order valence-electron chi connectivity index (χ2n) is 5.64. The third kappa shape index (κ3) is 3.13. The molecular formula is C15H21FN2O. The molecule has 4 heteroatoms. The second-order valence-corrected chi connectivity index (χ2v) is 5.64. The number of nitrogens with two attached hydrogens (primary N) is 1. The van der Waals surface area contributed by atoms with Gasteiger partial charge in [-0.2, -0.15) is 0 Å². The van der Waals surface area contributed by atoms with Gasteiger partial charge in [0.1, 0.15) is 5.82 Å². The molecule has 0 radical (unpaired) electrons. The molecule has 1 aromatic carbocycles. The van der Waals surface area contributed by atoms with Gasteiger partial charge in [0.05, 0.1) is 6.04 Å². The van der Waals surface area contributed by atoms with E-state index in [0.717, 1.165) is 5.56 Å². The lowest BCUT2D eigenvalue weighted by molar-refractivity contribution is -0.138. The van der Waals surface area contributed by atoms with Gasteiger partial charge in [-0.25, -0.2) is 4.39 Å². The standard InChI is InChI=1S/C15H21FN2O/c1-10(2)9-18-14(19)7-6-13(17)15(18)11-4-3-5-12(16)8-11/h3-5,8,10,13,15H,6-7,9,17H2,1-2H3. The van der Waals surface area contributed by atoms with E-state index in [0.29, 0.717) is 25.3 Å². The molecule has 0 aromatic heterocycles. The molecule has 0 spiro atoms. The molecule has 0 aliphatic carbocycles. The molecular weight excluding hydrogens is 243 g/mol. The number of rotatable bonds is 3. The van der Waals surface area contributed by atoms with Crippen LogP contribution >= 0.6 is 0 Å². The summed E-state index contributed by atoms with van der Waals surface area (Å²) in [5, 5.41) is 0. The second kappa shape index (κ2) is 5.70. The summed E-state index contributed by atoms with van der Waals surface area (Å²) >= 11 is 0. The highest BCUT2D eigenvalue weighted by atomic mass is 19.1. The monoisotopic (exact) mass is 264 g/mol. The number of hydrogen-bond donors (Lipinski definition) is 1. The van der Waals surface area contributed by atoms with E-state index in [9.17, 15) is 9.18 Å². The van der Waals surface area contributed by atoms with Crippen LogP contribution in [-0.2, 0) is 4.79 Å². The van der Waals surface area contributed by atoms with E-state index in [4.69, 9.17) is 5.73 Å².